The number of nitrogens with one attached hydrogen (secondary N) is 1. The van der Waals surface area contributed by atoms with Gasteiger partial charge in [0.1, 0.15) is 4.88 Å². The largest absolute Gasteiger partial charge is 0.344 e. The standard InChI is InChI=1S/C17H21N3O2S/c1-9-7-10(2)13(11(3)8-9)15(21)19-17-18-12(4)14(23-17)16(22)20(5)6/h7-8H,1-6H3,(H,18,19,21). The van der Waals surface area contributed by atoms with E-state index in [4.69, 9.17) is 0 Å². The van der Waals surface area contributed by atoms with Crippen LogP contribution >= 0.6 is 11.3 Å². The molecular formula is C17H21N3O2S. The fraction of sp³-hybridized carbons (Fsp3) is 0.353. The van der Waals surface area contributed by atoms with Gasteiger partial charge in [0.05, 0.1) is 5.69 Å². The summed E-state index contributed by atoms with van der Waals surface area (Å²) >= 11 is 1.20. The number of carbonyl (C=O) groups excluding carboxylic acids is 2. The van der Waals surface area contributed by atoms with Crippen LogP contribution in [0.15, 0.2) is 12.1 Å². The maximum Gasteiger partial charge on any atom is 0.265 e. The highest BCUT2D eigenvalue weighted by molar-refractivity contribution is 7.17. The predicted octanol–water partition coefficient (Wildman–Crippen LogP) is 3.33. The Kier molecular flexibility index (Phi) is 4.85. The second kappa shape index (κ2) is 6.50. The van der Waals surface area contributed by atoms with Crippen LogP contribution in [0.2, 0.25) is 0 Å². The highest BCUT2D eigenvalue weighted by atomic mass is 32.1. The highest BCUT2D eigenvalue weighted by Gasteiger charge is 2.19. The van der Waals surface area contributed by atoms with Crippen molar-refractivity contribution in [1.82, 2.24) is 9.88 Å². The maximum atomic E-state index is 12.6. The molecule has 2 aromatic rings. The predicted molar refractivity (Wildman–Crippen MR) is 93.5 cm³/mol. The van der Waals surface area contributed by atoms with Gasteiger partial charge in [-0.2, -0.15) is 0 Å². The molecule has 0 bridgehead atoms. The van der Waals surface area contributed by atoms with E-state index < -0.39 is 0 Å². The zero-order valence-electron chi connectivity index (χ0n) is 14.3. The van der Waals surface area contributed by atoms with Crippen molar-refractivity contribution < 1.29 is 9.59 Å². The van der Waals surface area contributed by atoms with Crippen LogP contribution in [-0.4, -0.2) is 35.8 Å². The zero-order chi connectivity index (χ0) is 17.3. The van der Waals surface area contributed by atoms with Gasteiger partial charge in [0, 0.05) is 19.7 Å². The van der Waals surface area contributed by atoms with Crippen molar-refractivity contribution in [1.29, 1.82) is 0 Å². The van der Waals surface area contributed by atoms with E-state index in [9.17, 15) is 9.59 Å². The summed E-state index contributed by atoms with van der Waals surface area (Å²) in [5, 5.41) is 3.25. The first-order valence-corrected chi connectivity index (χ1v) is 8.10. The fourth-order valence-electron chi connectivity index (χ4n) is 2.55. The third-order valence-electron chi connectivity index (χ3n) is 3.52. The van der Waals surface area contributed by atoms with E-state index in [0.29, 0.717) is 21.3 Å². The molecule has 6 heteroatoms. The molecule has 0 aliphatic carbocycles. The monoisotopic (exact) mass is 331 g/mol. The van der Waals surface area contributed by atoms with Crippen LogP contribution in [0.25, 0.3) is 0 Å². The Balaban J connectivity index is 2.29. The summed E-state index contributed by atoms with van der Waals surface area (Å²) < 4.78 is 0. The zero-order valence-corrected chi connectivity index (χ0v) is 15.1. The molecule has 0 aliphatic heterocycles. The summed E-state index contributed by atoms with van der Waals surface area (Å²) in [6, 6.07) is 3.96. The van der Waals surface area contributed by atoms with E-state index in [1.807, 2.05) is 32.9 Å². The molecular weight excluding hydrogens is 310 g/mol. The normalized spacial score (nSPS) is 10.5. The van der Waals surface area contributed by atoms with Crippen molar-refractivity contribution in [3.8, 4) is 0 Å². The van der Waals surface area contributed by atoms with Gasteiger partial charge in [-0.15, -0.1) is 0 Å². The molecule has 0 saturated carbocycles. The van der Waals surface area contributed by atoms with Gasteiger partial charge in [-0.05, 0) is 38.8 Å². The number of aromatic nitrogens is 1. The van der Waals surface area contributed by atoms with Crippen LogP contribution in [-0.2, 0) is 0 Å². The van der Waals surface area contributed by atoms with E-state index in [1.165, 1.54) is 16.2 Å². The van der Waals surface area contributed by atoms with Crippen molar-refractivity contribution in [2.75, 3.05) is 19.4 Å². The number of aryl methyl sites for hydroxylation is 4. The van der Waals surface area contributed by atoms with E-state index in [2.05, 4.69) is 10.3 Å². The maximum absolute atomic E-state index is 12.6. The van der Waals surface area contributed by atoms with E-state index in [0.717, 1.165) is 16.7 Å². The van der Waals surface area contributed by atoms with E-state index in [-0.39, 0.29) is 11.8 Å². The third-order valence-corrected chi connectivity index (χ3v) is 4.58. The van der Waals surface area contributed by atoms with Crippen LogP contribution < -0.4 is 5.32 Å². The molecule has 0 aliphatic rings. The Bertz CT molecular complexity index is 755. The summed E-state index contributed by atoms with van der Waals surface area (Å²) in [6.07, 6.45) is 0. The Morgan fingerprint density at radius 3 is 2.17 bits per heavy atom. The summed E-state index contributed by atoms with van der Waals surface area (Å²) in [5.74, 6) is -0.305. The van der Waals surface area contributed by atoms with Gasteiger partial charge in [0.15, 0.2) is 5.13 Å². The van der Waals surface area contributed by atoms with Gasteiger partial charge in [-0.1, -0.05) is 29.0 Å². The van der Waals surface area contributed by atoms with Gasteiger partial charge in [0.25, 0.3) is 11.8 Å². The lowest BCUT2D eigenvalue weighted by atomic mass is 9.99. The fourth-order valence-corrected chi connectivity index (χ4v) is 3.53. The first-order chi connectivity index (χ1) is 10.7. The highest BCUT2D eigenvalue weighted by Crippen LogP contribution is 2.25. The lowest BCUT2D eigenvalue weighted by Crippen LogP contribution is -2.21. The van der Waals surface area contributed by atoms with Gasteiger partial charge in [-0.25, -0.2) is 4.98 Å². The van der Waals surface area contributed by atoms with Gasteiger partial charge in [0.2, 0.25) is 0 Å². The van der Waals surface area contributed by atoms with E-state index >= 15 is 0 Å². The second-order valence-corrected chi connectivity index (χ2v) is 6.86. The van der Waals surface area contributed by atoms with Crippen LogP contribution in [0, 0.1) is 27.7 Å². The second-order valence-electron chi connectivity index (χ2n) is 5.86. The minimum absolute atomic E-state index is 0.108. The van der Waals surface area contributed by atoms with Crippen LogP contribution in [0.5, 0.6) is 0 Å². The first kappa shape index (κ1) is 17.1. The topological polar surface area (TPSA) is 62.3 Å². The Morgan fingerprint density at radius 2 is 1.65 bits per heavy atom. The molecule has 1 aromatic carbocycles. The Hall–Kier alpha value is -2.21. The first-order valence-electron chi connectivity index (χ1n) is 7.29. The number of carbonyl (C=O) groups is 2. The number of anilines is 1. The smallest absolute Gasteiger partial charge is 0.265 e. The number of rotatable bonds is 3. The van der Waals surface area contributed by atoms with E-state index in [1.54, 1.807) is 21.0 Å². The molecule has 1 aromatic heterocycles. The third kappa shape index (κ3) is 3.59. The number of nitrogens with zero attached hydrogens (tertiary/aromatic N) is 2. The molecule has 0 spiro atoms. The summed E-state index contributed by atoms with van der Waals surface area (Å²) in [5.41, 5.74) is 4.27. The van der Waals surface area contributed by atoms with Crippen molar-refractivity contribution in [2.24, 2.45) is 0 Å². The summed E-state index contributed by atoms with van der Waals surface area (Å²) in [6.45, 7) is 7.61. The summed E-state index contributed by atoms with van der Waals surface area (Å²) in [7, 11) is 3.39. The molecule has 2 amide bonds. The number of hydrogen-bond donors (Lipinski definition) is 1. The van der Waals surface area contributed by atoms with Gasteiger partial charge >= 0.3 is 0 Å². The number of benzene rings is 1. The minimum Gasteiger partial charge on any atom is -0.344 e. The average molecular weight is 331 g/mol. The van der Waals surface area contributed by atoms with Crippen molar-refractivity contribution in [3.63, 3.8) is 0 Å². The van der Waals surface area contributed by atoms with Crippen LogP contribution in [0.3, 0.4) is 0 Å². The molecule has 0 fully saturated rings. The Labute approximate surface area is 140 Å². The van der Waals surface area contributed by atoms with Gasteiger partial charge < -0.3 is 4.90 Å². The lowest BCUT2D eigenvalue weighted by Gasteiger charge is -2.10. The SMILES string of the molecule is Cc1cc(C)c(C(=O)Nc2nc(C)c(C(=O)N(C)C)s2)c(C)c1. The van der Waals surface area contributed by atoms with Crippen molar-refractivity contribution in [3.05, 3.63) is 45.0 Å². The lowest BCUT2D eigenvalue weighted by molar-refractivity contribution is 0.0831. The van der Waals surface area contributed by atoms with Crippen molar-refractivity contribution >= 4 is 28.3 Å². The Morgan fingerprint density at radius 1 is 1.09 bits per heavy atom. The molecule has 2 rings (SSSR count). The summed E-state index contributed by atoms with van der Waals surface area (Å²) in [4.78, 5) is 31.0. The molecule has 1 N–H and O–H groups in total. The molecule has 0 atom stereocenters. The van der Waals surface area contributed by atoms with Gasteiger partial charge in [-0.3, -0.25) is 14.9 Å². The average Bonchev–Trinajstić information content (AvgIpc) is 2.77. The molecule has 23 heavy (non-hydrogen) atoms. The minimum atomic E-state index is -0.197. The quantitative estimate of drug-likeness (QED) is 0.938. The van der Waals surface area contributed by atoms with Crippen LogP contribution in [0.4, 0.5) is 5.13 Å². The molecule has 5 nitrogen and oxygen atoms in total. The van der Waals surface area contributed by atoms with Crippen LogP contribution in [0.1, 0.15) is 42.4 Å². The number of amides is 2. The number of hydrogen-bond acceptors (Lipinski definition) is 4. The molecule has 1 heterocycles. The number of thiazole rings is 1. The molecule has 0 radical (unpaired) electrons. The molecule has 122 valence electrons. The molecule has 0 saturated heterocycles. The molecule has 0 unspecified atom stereocenters. The van der Waals surface area contributed by atoms with Crippen molar-refractivity contribution in [2.45, 2.75) is 27.7 Å².